The largest absolute Gasteiger partial charge is 0.496 e. The number of allylic oxidation sites excluding steroid dienone is 1. The van der Waals surface area contributed by atoms with Crippen LogP contribution in [0.15, 0.2) is 36.9 Å². The molecule has 2 nitrogen and oxygen atoms in total. The third-order valence-electron chi connectivity index (χ3n) is 2.96. The van der Waals surface area contributed by atoms with Gasteiger partial charge in [-0.05, 0) is 25.3 Å². The number of nitrogens with two attached hydrogens (primary N) is 1. The highest BCUT2D eigenvalue weighted by atomic mass is 16.5. The second kappa shape index (κ2) is 7.91. The monoisotopic (exact) mass is 233 g/mol. The van der Waals surface area contributed by atoms with Crippen LogP contribution in [0.3, 0.4) is 0 Å². The molecule has 0 saturated heterocycles. The molecule has 0 saturated carbocycles. The molecule has 0 bridgehead atoms. The maximum Gasteiger partial charge on any atom is 0.123 e. The molecule has 1 unspecified atom stereocenters. The Morgan fingerprint density at radius 1 is 1.29 bits per heavy atom. The van der Waals surface area contributed by atoms with E-state index < -0.39 is 0 Å². The molecule has 0 aromatic heterocycles. The smallest absolute Gasteiger partial charge is 0.123 e. The predicted molar refractivity (Wildman–Crippen MR) is 73.2 cm³/mol. The first kappa shape index (κ1) is 13.8. The fourth-order valence-corrected chi connectivity index (χ4v) is 1.96. The number of methoxy groups -OCH3 is 1. The Morgan fingerprint density at radius 2 is 2.06 bits per heavy atom. The Balaban J connectivity index is 2.40. The van der Waals surface area contributed by atoms with Crippen molar-refractivity contribution in [3.8, 4) is 5.75 Å². The van der Waals surface area contributed by atoms with Crippen molar-refractivity contribution in [1.82, 2.24) is 0 Å². The van der Waals surface area contributed by atoms with E-state index in [9.17, 15) is 0 Å². The van der Waals surface area contributed by atoms with Gasteiger partial charge in [0.2, 0.25) is 0 Å². The maximum absolute atomic E-state index is 6.19. The van der Waals surface area contributed by atoms with Crippen LogP contribution in [0.4, 0.5) is 0 Å². The van der Waals surface area contributed by atoms with E-state index in [2.05, 4.69) is 6.58 Å². The van der Waals surface area contributed by atoms with Crippen LogP contribution in [0, 0.1) is 0 Å². The third kappa shape index (κ3) is 4.61. The molecule has 1 atom stereocenters. The number of ether oxygens (including phenoxy) is 1. The van der Waals surface area contributed by atoms with Crippen molar-refractivity contribution in [2.24, 2.45) is 5.73 Å². The first-order chi connectivity index (χ1) is 8.29. The van der Waals surface area contributed by atoms with Crippen molar-refractivity contribution >= 4 is 0 Å². The molecule has 0 radical (unpaired) electrons. The van der Waals surface area contributed by atoms with Crippen molar-refractivity contribution in [3.05, 3.63) is 42.5 Å². The van der Waals surface area contributed by atoms with Crippen LogP contribution in [0.5, 0.6) is 5.75 Å². The summed E-state index contributed by atoms with van der Waals surface area (Å²) >= 11 is 0. The fraction of sp³-hybridized carbons (Fsp3) is 0.467. The van der Waals surface area contributed by atoms with E-state index in [0.29, 0.717) is 0 Å². The summed E-state index contributed by atoms with van der Waals surface area (Å²) in [5.74, 6) is 0.895. The molecule has 1 aromatic carbocycles. The first-order valence-electron chi connectivity index (χ1n) is 6.29. The number of unbranched alkanes of at least 4 members (excludes halogenated alkanes) is 3. The van der Waals surface area contributed by atoms with Crippen LogP contribution in [-0.4, -0.2) is 7.11 Å². The molecule has 1 rings (SSSR count). The molecular formula is C15H23NO. The van der Waals surface area contributed by atoms with Gasteiger partial charge in [-0.1, -0.05) is 37.1 Å². The van der Waals surface area contributed by atoms with Gasteiger partial charge < -0.3 is 10.5 Å². The lowest BCUT2D eigenvalue weighted by molar-refractivity contribution is 0.403. The molecule has 0 aliphatic heterocycles. The van der Waals surface area contributed by atoms with Gasteiger partial charge in [-0.3, -0.25) is 0 Å². The highest BCUT2D eigenvalue weighted by Gasteiger charge is 2.10. The number of hydrogen-bond acceptors (Lipinski definition) is 2. The van der Waals surface area contributed by atoms with Gasteiger partial charge in [0.15, 0.2) is 0 Å². The normalized spacial score (nSPS) is 12.1. The lowest BCUT2D eigenvalue weighted by Gasteiger charge is -2.15. The molecule has 0 aliphatic rings. The SMILES string of the molecule is C=CCCCCCC(N)c1ccccc1OC. The molecular weight excluding hydrogens is 210 g/mol. The van der Waals surface area contributed by atoms with Crippen molar-refractivity contribution in [2.75, 3.05) is 7.11 Å². The van der Waals surface area contributed by atoms with Crippen LogP contribution < -0.4 is 10.5 Å². The summed E-state index contributed by atoms with van der Waals surface area (Å²) in [4.78, 5) is 0. The molecule has 17 heavy (non-hydrogen) atoms. The molecule has 0 amide bonds. The molecule has 0 heterocycles. The summed E-state index contributed by atoms with van der Waals surface area (Å²) in [6.07, 6.45) is 7.67. The van der Waals surface area contributed by atoms with Crippen LogP contribution in [0.2, 0.25) is 0 Å². The van der Waals surface area contributed by atoms with Gasteiger partial charge in [-0.2, -0.15) is 0 Å². The van der Waals surface area contributed by atoms with Crippen molar-refractivity contribution in [1.29, 1.82) is 0 Å². The van der Waals surface area contributed by atoms with E-state index in [4.69, 9.17) is 10.5 Å². The van der Waals surface area contributed by atoms with Gasteiger partial charge in [0.05, 0.1) is 7.11 Å². The zero-order chi connectivity index (χ0) is 12.5. The van der Waals surface area contributed by atoms with Crippen molar-refractivity contribution in [3.63, 3.8) is 0 Å². The predicted octanol–water partition coefficient (Wildman–Crippen LogP) is 3.83. The third-order valence-corrected chi connectivity index (χ3v) is 2.96. The minimum absolute atomic E-state index is 0.0786. The Morgan fingerprint density at radius 3 is 2.76 bits per heavy atom. The van der Waals surface area contributed by atoms with Gasteiger partial charge >= 0.3 is 0 Å². The number of rotatable bonds is 8. The van der Waals surface area contributed by atoms with Gasteiger partial charge in [-0.15, -0.1) is 6.58 Å². The van der Waals surface area contributed by atoms with Gasteiger partial charge in [0, 0.05) is 11.6 Å². The quantitative estimate of drug-likeness (QED) is 0.547. The zero-order valence-electron chi connectivity index (χ0n) is 10.7. The Hall–Kier alpha value is -1.28. The molecule has 0 aliphatic carbocycles. The number of hydrogen-bond donors (Lipinski definition) is 1. The first-order valence-corrected chi connectivity index (χ1v) is 6.29. The highest BCUT2D eigenvalue weighted by Crippen LogP contribution is 2.26. The average molecular weight is 233 g/mol. The lowest BCUT2D eigenvalue weighted by Crippen LogP contribution is -2.11. The van der Waals surface area contributed by atoms with Crippen LogP contribution >= 0.6 is 0 Å². The van der Waals surface area contributed by atoms with Crippen LogP contribution in [0.25, 0.3) is 0 Å². The second-order valence-electron chi connectivity index (χ2n) is 4.28. The van der Waals surface area contributed by atoms with E-state index >= 15 is 0 Å². The van der Waals surface area contributed by atoms with Crippen LogP contribution in [0.1, 0.15) is 43.7 Å². The molecule has 94 valence electrons. The topological polar surface area (TPSA) is 35.2 Å². The minimum Gasteiger partial charge on any atom is -0.496 e. The molecule has 2 heteroatoms. The second-order valence-corrected chi connectivity index (χ2v) is 4.28. The van der Waals surface area contributed by atoms with E-state index in [1.54, 1.807) is 7.11 Å². The molecule has 0 spiro atoms. The van der Waals surface area contributed by atoms with Gasteiger partial charge in [-0.25, -0.2) is 0 Å². The van der Waals surface area contributed by atoms with Crippen molar-refractivity contribution in [2.45, 2.75) is 38.1 Å². The Kier molecular flexibility index (Phi) is 6.41. The molecule has 0 fully saturated rings. The lowest BCUT2D eigenvalue weighted by atomic mass is 10.00. The summed E-state index contributed by atoms with van der Waals surface area (Å²) in [6.45, 7) is 3.72. The summed E-state index contributed by atoms with van der Waals surface area (Å²) < 4.78 is 5.32. The van der Waals surface area contributed by atoms with Crippen molar-refractivity contribution < 1.29 is 4.74 Å². The minimum atomic E-state index is 0.0786. The Labute approximate surface area is 104 Å². The zero-order valence-corrected chi connectivity index (χ0v) is 10.7. The fourth-order valence-electron chi connectivity index (χ4n) is 1.96. The summed E-state index contributed by atoms with van der Waals surface area (Å²) in [5, 5.41) is 0. The van der Waals surface area contributed by atoms with E-state index in [-0.39, 0.29) is 6.04 Å². The van der Waals surface area contributed by atoms with Gasteiger partial charge in [0.1, 0.15) is 5.75 Å². The van der Waals surface area contributed by atoms with E-state index in [1.807, 2.05) is 30.3 Å². The summed E-state index contributed by atoms with van der Waals surface area (Å²) in [6, 6.07) is 8.07. The van der Waals surface area contributed by atoms with Gasteiger partial charge in [0.25, 0.3) is 0 Å². The number of para-hydroxylation sites is 1. The summed E-state index contributed by atoms with van der Waals surface area (Å²) in [7, 11) is 1.69. The molecule has 2 N–H and O–H groups in total. The Bertz CT molecular complexity index is 335. The standard InChI is InChI=1S/C15H23NO/c1-3-4-5-6-7-11-14(16)13-10-8-9-12-15(13)17-2/h3,8-10,12,14H,1,4-7,11,16H2,2H3. The number of benzene rings is 1. The maximum atomic E-state index is 6.19. The van der Waals surface area contributed by atoms with E-state index in [1.165, 1.54) is 12.8 Å². The summed E-state index contributed by atoms with van der Waals surface area (Å²) in [5.41, 5.74) is 7.30. The molecule has 1 aromatic rings. The van der Waals surface area contributed by atoms with Crippen LogP contribution in [-0.2, 0) is 0 Å². The average Bonchev–Trinajstić information content (AvgIpc) is 2.38. The highest BCUT2D eigenvalue weighted by molar-refractivity contribution is 5.35. The van der Waals surface area contributed by atoms with E-state index in [0.717, 1.165) is 30.6 Å².